The number of rotatable bonds is 4. The lowest BCUT2D eigenvalue weighted by Crippen LogP contribution is -2.11. The number of carbonyl (C=O) groups excluding carboxylic acids is 2. The molecule has 0 fully saturated rings. The van der Waals surface area contributed by atoms with Crippen LogP contribution in [0.4, 0.5) is 0 Å². The Kier molecular flexibility index (Phi) is 5.47. The fraction of sp³-hybridized carbons (Fsp3) is 0.294. The topological polar surface area (TPSA) is 48.3 Å². The largest absolute Gasteiger partial charge is 0.461 e. The molecule has 1 heterocycles. The molecule has 0 unspecified atom stereocenters. The van der Waals surface area contributed by atoms with Gasteiger partial charge in [-0.15, -0.1) is 0 Å². The molecule has 4 nitrogen and oxygen atoms in total. The molecule has 0 spiro atoms. The van der Waals surface area contributed by atoms with Gasteiger partial charge in [-0.25, -0.2) is 4.79 Å². The van der Waals surface area contributed by atoms with Gasteiger partial charge in [-0.3, -0.25) is 4.79 Å². The van der Waals surface area contributed by atoms with Gasteiger partial charge in [-0.05, 0) is 44.5 Å². The van der Waals surface area contributed by atoms with E-state index >= 15 is 0 Å². The summed E-state index contributed by atoms with van der Waals surface area (Å²) in [6, 6.07) is 5.40. The van der Waals surface area contributed by atoms with Crippen LogP contribution >= 0.6 is 31.9 Å². The fourth-order valence-corrected chi connectivity index (χ4v) is 3.92. The molecule has 0 amide bonds. The zero-order chi connectivity index (χ0) is 17.3. The molecule has 1 aromatic heterocycles. The quantitative estimate of drug-likeness (QED) is 0.514. The summed E-state index contributed by atoms with van der Waals surface area (Å²) in [6.45, 7) is 5.66. The van der Waals surface area contributed by atoms with E-state index in [2.05, 4.69) is 31.9 Å². The van der Waals surface area contributed by atoms with Crippen molar-refractivity contribution in [2.24, 2.45) is 7.05 Å². The van der Waals surface area contributed by atoms with Crippen molar-refractivity contribution < 1.29 is 14.3 Å². The summed E-state index contributed by atoms with van der Waals surface area (Å²) in [5, 5.41) is 0. The van der Waals surface area contributed by atoms with Crippen molar-refractivity contribution in [1.82, 2.24) is 4.57 Å². The third-order valence-electron chi connectivity index (χ3n) is 3.75. The number of aromatic nitrogens is 1. The molecular formula is C17H17Br2NO3. The Morgan fingerprint density at radius 1 is 1.13 bits per heavy atom. The van der Waals surface area contributed by atoms with Crippen LogP contribution in [-0.2, 0) is 11.8 Å². The number of nitrogens with zero attached hydrogens (tertiary/aromatic N) is 1. The van der Waals surface area contributed by atoms with Crippen molar-refractivity contribution in [2.45, 2.75) is 20.8 Å². The van der Waals surface area contributed by atoms with Gasteiger partial charge in [0.2, 0.25) is 0 Å². The van der Waals surface area contributed by atoms with Crippen LogP contribution in [0.25, 0.3) is 0 Å². The lowest BCUT2D eigenvalue weighted by molar-refractivity contribution is 0.0514. The molecule has 1 aromatic carbocycles. The van der Waals surface area contributed by atoms with E-state index in [4.69, 9.17) is 4.74 Å². The molecule has 6 heteroatoms. The number of ether oxygens (including phenoxy) is 1. The number of ketones is 1. The van der Waals surface area contributed by atoms with E-state index < -0.39 is 5.97 Å². The van der Waals surface area contributed by atoms with Gasteiger partial charge in [-0.1, -0.05) is 31.9 Å². The van der Waals surface area contributed by atoms with Gasteiger partial charge in [0.15, 0.2) is 5.78 Å². The van der Waals surface area contributed by atoms with Crippen LogP contribution in [0, 0.1) is 13.8 Å². The van der Waals surface area contributed by atoms with E-state index in [1.807, 2.05) is 13.0 Å². The minimum absolute atomic E-state index is 0.117. The van der Waals surface area contributed by atoms with Gasteiger partial charge in [0.1, 0.15) is 5.69 Å². The Bertz CT molecular complexity index is 773. The number of hydrogen-bond donors (Lipinski definition) is 0. The average Bonchev–Trinajstić information content (AvgIpc) is 2.68. The van der Waals surface area contributed by atoms with Crippen LogP contribution in [0.3, 0.4) is 0 Å². The predicted molar refractivity (Wildman–Crippen MR) is 96.1 cm³/mol. The number of hydrogen-bond acceptors (Lipinski definition) is 3. The summed E-state index contributed by atoms with van der Waals surface area (Å²) in [5.74, 6) is -0.529. The third kappa shape index (κ3) is 3.43. The Morgan fingerprint density at radius 3 is 2.22 bits per heavy atom. The van der Waals surface area contributed by atoms with Crippen LogP contribution in [0.2, 0.25) is 0 Å². The molecule has 0 atom stereocenters. The number of benzene rings is 1. The lowest BCUT2D eigenvalue weighted by atomic mass is 10.00. The normalized spacial score (nSPS) is 10.7. The zero-order valence-corrected chi connectivity index (χ0v) is 16.5. The van der Waals surface area contributed by atoms with Crippen molar-refractivity contribution in [3.8, 4) is 0 Å². The molecule has 122 valence electrons. The van der Waals surface area contributed by atoms with Crippen molar-refractivity contribution in [2.75, 3.05) is 6.61 Å². The summed E-state index contributed by atoms with van der Waals surface area (Å²) in [6.07, 6.45) is 0. The molecule has 2 rings (SSSR count). The van der Waals surface area contributed by atoms with E-state index in [1.54, 1.807) is 37.6 Å². The van der Waals surface area contributed by atoms with E-state index in [0.29, 0.717) is 29.0 Å². The maximum atomic E-state index is 12.9. The third-order valence-corrected chi connectivity index (χ3v) is 4.67. The second-order valence-electron chi connectivity index (χ2n) is 5.20. The molecule has 0 saturated heterocycles. The van der Waals surface area contributed by atoms with E-state index in [9.17, 15) is 9.59 Å². The SMILES string of the molecule is CCOC(=O)c1c(C)c(C(=O)c2cc(Br)cc(Br)c2)c(C)n1C. The average molecular weight is 443 g/mol. The molecule has 0 N–H and O–H groups in total. The summed E-state index contributed by atoms with van der Waals surface area (Å²) in [7, 11) is 1.77. The second-order valence-corrected chi connectivity index (χ2v) is 7.03. The molecule has 0 aliphatic carbocycles. The number of esters is 1. The Labute approximate surface area is 152 Å². The van der Waals surface area contributed by atoms with Crippen molar-refractivity contribution in [3.63, 3.8) is 0 Å². The first-order valence-corrected chi connectivity index (χ1v) is 8.70. The Morgan fingerprint density at radius 2 is 1.70 bits per heavy atom. The minimum Gasteiger partial charge on any atom is -0.461 e. The van der Waals surface area contributed by atoms with Crippen LogP contribution in [0.5, 0.6) is 0 Å². The summed E-state index contributed by atoms with van der Waals surface area (Å²) >= 11 is 6.79. The Balaban J connectivity index is 2.57. The highest BCUT2D eigenvalue weighted by Crippen LogP contribution is 2.27. The summed E-state index contributed by atoms with van der Waals surface area (Å²) < 4.78 is 8.44. The second kappa shape index (κ2) is 7.01. The van der Waals surface area contributed by atoms with Gasteiger partial charge in [0.25, 0.3) is 0 Å². The van der Waals surface area contributed by atoms with Crippen molar-refractivity contribution >= 4 is 43.6 Å². The summed E-state index contributed by atoms with van der Waals surface area (Å²) in [4.78, 5) is 25.1. The summed E-state index contributed by atoms with van der Waals surface area (Å²) in [5.41, 5.74) is 2.90. The molecule has 2 aromatic rings. The standard InChI is InChI=1S/C17H17Br2NO3/c1-5-23-17(22)15-9(2)14(10(3)20(15)4)16(21)11-6-12(18)8-13(19)7-11/h6-8H,5H2,1-4H3. The first kappa shape index (κ1) is 17.9. The van der Waals surface area contributed by atoms with Crippen LogP contribution in [0.15, 0.2) is 27.1 Å². The smallest absolute Gasteiger partial charge is 0.355 e. The van der Waals surface area contributed by atoms with Gasteiger partial charge in [-0.2, -0.15) is 0 Å². The molecule has 23 heavy (non-hydrogen) atoms. The van der Waals surface area contributed by atoms with Crippen LogP contribution in [0.1, 0.15) is 44.6 Å². The maximum Gasteiger partial charge on any atom is 0.355 e. The van der Waals surface area contributed by atoms with Crippen LogP contribution < -0.4 is 0 Å². The number of halogens is 2. The van der Waals surface area contributed by atoms with Gasteiger partial charge in [0, 0.05) is 32.8 Å². The van der Waals surface area contributed by atoms with Crippen molar-refractivity contribution in [3.05, 3.63) is 55.2 Å². The van der Waals surface area contributed by atoms with Gasteiger partial charge >= 0.3 is 5.97 Å². The minimum atomic E-state index is -0.412. The highest BCUT2D eigenvalue weighted by molar-refractivity contribution is 9.11. The van der Waals surface area contributed by atoms with Crippen LogP contribution in [-0.4, -0.2) is 22.9 Å². The molecular weight excluding hydrogens is 426 g/mol. The van der Waals surface area contributed by atoms with Crippen molar-refractivity contribution in [1.29, 1.82) is 0 Å². The predicted octanol–water partition coefficient (Wildman–Crippen LogP) is 4.57. The highest BCUT2D eigenvalue weighted by Gasteiger charge is 2.26. The first-order valence-electron chi connectivity index (χ1n) is 7.11. The fourth-order valence-electron chi connectivity index (χ4n) is 2.63. The first-order chi connectivity index (χ1) is 10.8. The highest BCUT2D eigenvalue weighted by atomic mass is 79.9. The van der Waals surface area contributed by atoms with Gasteiger partial charge < -0.3 is 9.30 Å². The monoisotopic (exact) mass is 441 g/mol. The van der Waals surface area contributed by atoms with E-state index in [-0.39, 0.29) is 5.78 Å². The number of carbonyl (C=O) groups is 2. The zero-order valence-electron chi connectivity index (χ0n) is 13.4. The molecule has 0 bridgehead atoms. The molecule has 0 radical (unpaired) electrons. The van der Waals surface area contributed by atoms with E-state index in [1.165, 1.54) is 0 Å². The molecule has 0 saturated carbocycles. The lowest BCUT2D eigenvalue weighted by Gasteiger charge is -2.05. The maximum absolute atomic E-state index is 12.9. The Hall–Kier alpha value is -1.40. The molecule has 0 aliphatic heterocycles. The van der Waals surface area contributed by atoms with Gasteiger partial charge in [0.05, 0.1) is 6.61 Å². The van der Waals surface area contributed by atoms with E-state index in [0.717, 1.165) is 14.6 Å². The molecule has 0 aliphatic rings.